The Hall–Kier alpha value is -2.47. The lowest BCUT2D eigenvalue weighted by molar-refractivity contribution is 0.0938. The van der Waals surface area contributed by atoms with Crippen molar-refractivity contribution in [2.45, 2.75) is 67.0 Å². The number of aryl methyl sites for hydroxylation is 1. The van der Waals surface area contributed by atoms with E-state index in [1.54, 1.807) is 11.3 Å². The summed E-state index contributed by atoms with van der Waals surface area (Å²) in [6.07, 6.45) is 3.65. The standard InChI is InChI=1S/C24H32N4OS/c1-7-16(5)26-23(29)20-12-22(28(17(20)6)13-15(3)4)21-14-30-24(27-21)18-9-10-25-19(8-2)11-18/h9-12,14-16H,7-8,13H2,1-6H3,(H,26,29). The first-order chi connectivity index (χ1) is 14.3. The fraction of sp³-hybridized carbons (Fsp3) is 0.458. The van der Waals surface area contributed by atoms with Gasteiger partial charge in [0.2, 0.25) is 0 Å². The third-order valence-electron chi connectivity index (χ3n) is 5.34. The summed E-state index contributed by atoms with van der Waals surface area (Å²) >= 11 is 1.63. The maximum absolute atomic E-state index is 12.9. The molecule has 0 radical (unpaired) electrons. The van der Waals surface area contributed by atoms with Crippen LogP contribution in [0.3, 0.4) is 0 Å². The maximum atomic E-state index is 12.9. The van der Waals surface area contributed by atoms with Gasteiger partial charge in [-0.15, -0.1) is 11.3 Å². The summed E-state index contributed by atoms with van der Waals surface area (Å²) in [7, 11) is 0. The lowest BCUT2D eigenvalue weighted by Crippen LogP contribution is -2.32. The van der Waals surface area contributed by atoms with E-state index in [2.05, 4.69) is 54.0 Å². The number of pyridine rings is 1. The van der Waals surface area contributed by atoms with Crippen LogP contribution in [0.1, 0.15) is 62.8 Å². The lowest BCUT2D eigenvalue weighted by atomic mass is 10.2. The van der Waals surface area contributed by atoms with E-state index >= 15 is 0 Å². The van der Waals surface area contributed by atoms with Crippen molar-refractivity contribution in [1.82, 2.24) is 19.9 Å². The Kier molecular flexibility index (Phi) is 7.08. The van der Waals surface area contributed by atoms with Gasteiger partial charge in [-0.1, -0.05) is 27.7 Å². The van der Waals surface area contributed by atoms with E-state index in [-0.39, 0.29) is 11.9 Å². The first-order valence-corrected chi connectivity index (χ1v) is 11.6. The normalized spacial score (nSPS) is 12.4. The van der Waals surface area contributed by atoms with E-state index in [1.165, 1.54) is 0 Å². The molecule has 3 heterocycles. The lowest BCUT2D eigenvalue weighted by Gasteiger charge is -2.14. The summed E-state index contributed by atoms with van der Waals surface area (Å²) in [5, 5.41) is 6.16. The number of rotatable bonds is 8. The molecule has 3 aromatic rings. The van der Waals surface area contributed by atoms with Gasteiger partial charge in [0, 0.05) is 41.1 Å². The van der Waals surface area contributed by atoms with E-state index in [9.17, 15) is 4.79 Å². The average molecular weight is 425 g/mol. The number of hydrogen-bond acceptors (Lipinski definition) is 4. The summed E-state index contributed by atoms with van der Waals surface area (Å²) in [6.45, 7) is 13.5. The van der Waals surface area contributed by atoms with Crippen LogP contribution >= 0.6 is 11.3 Å². The van der Waals surface area contributed by atoms with Crippen molar-refractivity contribution in [3.05, 3.63) is 46.7 Å². The van der Waals surface area contributed by atoms with Crippen LogP contribution in [-0.2, 0) is 13.0 Å². The predicted octanol–water partition coefficient (Wildman–Crippen LogP) is 5.73. The Morgan fingerprint density at radius 3 is 2.67 bits per heavy atom. The molecule has 0 aliphatic rings. The number of amides is 1. The Labute approximate surface area is 183 Å². The van der Waals surface area contributed by atoms with Gasteiger partial charge in [0.05, 0.1) is 17.0 Å². The number of hydrogen-bond donors (Lipinski definition) is 1. The van der Waals surface area contributed by atoms with Crippen molar-refractivity contribution in [3.8, 4) is 22.0 Å². The molecule has 0 aliphatic heterocycles. The highest BCUT2D eigenvalue weighted by atomic mass is 32.1. The fourth-order valence-corrected chi connectivity index (χ4v) is 4.23. The zero-order valence-corrected chi connectivity index (χ0v) is 19.6. The van der Waals surface area contributed by atoms with Crippen LogP contribution in [0.2, 0.25) is 0 Å². The van der Waals surface area contributed by atoms with Crippen molar-refractivity contribution in [3.63, 3.8) is 0 Å². The number of aromatic nitrogens is 3. The number of nitrogens with one attached hydrogen (secondary N) is 1. The minimum Gasteiger partial charge on any atom is -0.350 e. The third-order valence-corrected chi connectivity index (χ3v) is 6.23. The van der Waals surface area contributed by atoms with Gasteiger partial charge in [-0.2, -0.15) is 0 Å². The molecule has 0 fully saturated rings. The second-order valence-corrected chi connectivity index (χ2v) is 9.10. The van der Waals surface area contributed by atoms with Gasteiger partial charge in [0.15, 0.2) is 0 Å². The predicted molar refractivity (Wildman–Crippen MR) is 125 cm³/mol. The van der Waals surface area contributed by atoms with Crippen LogP contribution in [0.25, 0.3) is 22.0 Å². The summed E-state index contributed by atoms with van der Waals surface area (Å²) in [5.41, 5.74) is 5.79. The van der Waals surface area contributed by atoms with Crippen molar-refractivity contribution in [2.75, 3.05) is 0 Å². The third kappa shape index (κ3) is 4.81. The van der Waals surface area contributed by atoms with Gasteiger partial charge < -0.3 is 9.88 Å². The Balaban J connectivity index is 2.01. The average Bonchev–Trinajstić information content (AvgIpc) is 3.33. The van der Waals surface area contributed by atoms with E-state index < -0.39 is 0 Å². The highest BCUT2D eigenvalue weighted by Crippen LogP contribution is 2.32. The van der Waals surface area contributed by atoms with Gasteiger partial charge in [-0.25, -0.2) is 4.98 Å². The second kappa shape index (κ2) is 9.56. The van der Waals surface area contributed by atoms with Crippen molar-refractivity contribution >= 4 is 17.2 Å². The minimum absolute atomic E-state index is 0.0113. The van der Waals surface area contributed by atoms with Crippen LogP contribution in [0.4, 0.5) is 0 Å². The summed E-state index contributed by atoms with van der Waals surface area (Å²) < 4.78 is 2.24. The van der Waals surface area contributed by atoms with Gasteiger partial charge in [-0.05, 0) is 50.8 Å². The molecule has 0 spiro atoms. The van der Waals surface area contributed by atoms with E-state index in [1.807, 2.05) is 32.2 Å². The fourth-order valence-electron chi connectivity index (χ4n) is 3.42. The maximum Gasteiger partial charge on any atom is 0.253 e. The van der Waals surface area contributed by atoms with Gasteiger partial charge >= 0.3 is 0 Å². The van der Waals surface area contributed by atoms with Crippen LogP contribution in [0, 0.1) is 12.8 Å². The van der Waals surface area contributed by atoms with Gasteiger partial charge in [-0.3, -0.25) is 9.78 Å². The SMILES string of the molecule is CCc1cc(-c2nc(-c3cc(C(=O)NC(C)CC)c(C)n3CC(C)C)cs2)ccn1. The molecule has 30 heavy (non-hydrogen) atoms. The number of thiazole rings is 1. The van der Waals surface area contributed by atoms with Gasteiger partial charge in [0.25, 0.3) is 5.91 Å². The highest BCUT2D eigenvalue weighted by Gasteiger charge is 2.21. The first-order valence-electron chi connectivity index (χ1n) is 10.8. The number of carbonyl (C=O) groups excluding carboxylic acids is 1. The molecule has 3 rings (SSSR count). The van der Waals surface area contributed by atoms with Crippen molar-refractivity contribution in [1.29, 1.82) is 0 Å². The minimum atomic E-state index is -0.0113. The monoisotopic (exact) mass is 424 g/mol. The van der Waals surface area contributed by atoms with Crippen LogP contribution in [-0.4, -0.2) is 26.5 Å². The van der Waals surface area contributed by atoms with Crippen molar-refractivity contribution < 1.29 is 4.79 Å². The van der Waals surface area contributed by atoms with Crippen LogP contribution in [0.15, 0.2) is 29.8 Å². The molecule has 0 aromatic carbocycles. The molecule has 160 valence electrons. The van der Waals surface area contributed by atoms with E-state index in [0.717, 1.165) is 58.3 Å². The molecular formula is C24H32N4OS. The largest absolute Gasteiger partial charge is 0.350 e. The highest BCUT2D eigenvalue weighted by molar-refractivity contribution is 7.13. The summed E-state index contributed by atoms with van der Waals surface area (Å²) in [6, 6.07) is 6.26. The summed E-state index contributed by atoms with van der Waals surface area (Å²) in [5.74, 6) is 0.452. The molecule has 0 saturated carbocycles. The molecule has 6 heteroatoms. The zero-order valence-electron chi connectivity index (χ0n) is 18.8. The van der Waals surface area contributed by atoms with E-state index in [0.29, 0.717) is 5.92 Å². The Morgan fingerprint density at radius 2 is 2.00 bits per heavy atom. The van der Waals surface area contributed by atoms with Crippen molar-refractivity contribution in [2.24, 2.45) is 5.92 Å². The molecule has 0 bridgehead atoms. The molecule has 1 amide bonds. The van der Waals surface area contributed by atoms with Gasteiger partial charge in [0.1, 0.15) is 5.01 Å². The Bertz CT molecular complexity index is 1020. The first kappa shape index (κ1) is 22.2. The Morgan fingerprint density at radius 1 is 1.23 bits per heavy atom. The second-order valence-electron chi connectivity index (χ2n) is 8.24. The summed E-state index contributed by atoms with van der Waals surface area (Å²) in [4.78, 5) is 22.2. The topological polar surface area (TPSA) is 59.8 Å². The molecule has 1 N–H and O–H groups in total. The molecule has 3 aromatic heterocycles. The zero-order chi connectivity index (χ0) is 21.8. The quantitative estimate of drug-likeness (QED) is 0.502. The molecule has 5 nitrogen and oxygen atoms in total. The smallest absolute Gasteiger partial charge is 0.253 e. The molecule has 1 unspecified atom stereocenters. The molecule has 0 saturated heterocycles. The molecular weight excluding hydrogens is 392 g/mol. The molecule has 0 aliphatic carbocycles. The van der Waals surface area contributed by atoms with Crippen LogP contribution in [0.5, 0.6) is 0 Å². The van der Waals surface area contributed by atoms with Crippen LogP contribution < -0.4 is 5.32 Å². The number of carbonyl (C=O) groups is 1. The molecule has 1 atom stereocenters. The number of nitrogens with zero attached hydrogens (tertiary/aromatic N) is 3. The van der Waals surface area contributed by atoms with E-state index in [4.69, 9.17) is 4.98 Å².